The Morgan fingerprint density at radius 1 is 1.25 bits per heavy atom. The van der Waals surface area contributed by atoms with Crippen molar-refractivity contribution in [1.82, 2.24) is 4.90 Å². The van der Waals surface area contributed by atoms with E-state index < -0.39 is 0 Å². The van der Waals surface area contributed by atoms with Crippen molar-refractivity contribution in [2.75, 3.05) is 27.2 Å². The lowest BCUT2D eigenvalue weighted by molar-refractivity contribution is 0.112. The summed E-state index contributed by atoms with van der Waals surface area (Å²) in [5.74, 6) is 0.693. The van der Waals surface area contributed by atoms with Crippen molar-refractivity contribution < 1.29 is 9.53 Å². The van der Waals surface area contributed by atoms with Crippen LogP contribution in [0.2, 0.25) is 0 Å². The molecule has 1 aliphatic heterocycles. The highest BCUT2D eigenvalue weighted by Crippen LogP contribution is 2.25. The van der Waals surface area contributed by atoms with Gasteiger partial charge in [0.15, 0.2) is 6.29 Å². The summed E-state index contributed by atoms with van der Waals surface area (Å²) in [4.78, 5) is 13.2. The number of nitrogens with zero attached hydrogens (tertiary/aromatic N) is 1. The van der Waals surface area contributed by atoms with E-state index in [0.29, 0.717) is 11.3 Å². The van der Waals surface area contributed by atoms with Gasteiger partial charge in [-0.05, 0) is 43.1 Å². The molecule has 0 atom stereocenters. The Hall–Kier alpha value is -1.35. The normalized spacial score (nSPS) is 16.4. The predicted molar refractivity (Wildman–Crippen MR) is 63.3 cm³/mol. The molecule has 0 spiro atoms. The van der Waals surface area contributed by atoms with E-state index in [4.69, 9.17) is 4.74 Å². The van der Waals surface area contributed by atoms with Gasteiger partial charge in [0, 0.05) is 13.1 Å². The quantitative estimate of drug-likeness (QED) is 0.707. The molecule has 1 aromatic carbocycles. The lowest BCUT2D eigenvalue weighted by Crippen LogP contribution is -2.20. The molecule has 0 saturated carbocycles. The van der Waals surface area contributed by atoms with Gasteiger partial charge in [-0.1, -0.05) is 0 Å². The van der Waals surface area contributed by atoms with E-state index in [1.807, 2.05) is 12.1 Å². The molecule has 16 heavy (non-hydrogen) atoms. The van der Waals surface area contributed by atoms with Gasteiger partial charge < -0.3 is 9.64 Å². The van der Waals surface area contributed by atoms with E-state index in [0.717, 1.165) is 32.2 Å². The number of hydrogen-bond donors (Lipinski definition) is 0. The third-order valence-corrected chi connectivity index (χ3v) is 3.20. The molecule has 0 aliphatic carbocycles. The average Bonchev–Trinajstić information content (AvgIpc) is 2.50. The van der Waals surface area contributed by atoms with E-state index in [1.54, 1.807) is 7.11 Å². The maximum Gasteiger partial charge on any atom is 0.153 e. The highest BCUT2D eigenvalue weighted by atomic mass is 16.5. The number of rotatable bonds is 2. The predicted octanol–water partition coefficient (Wildman–Crippen LogP) is 1.54. The lowest BCUT2D eigenvalue weighted by Gasteiger charge is -2.10. The third-order valence-electron chi connectivity index (χ3n) is 3.20. The minimum Gasteiger partial charge on any atom is -0.496 e. The molecule has 1 heterocycles. The van der Waals surface area contributed by atoms with Crippen LogP contribution in [0.3, 0.4) is 0 Å². The number of hydrogen-bond acceptors (Lipinski definition) is 3. The van der Waals surface area contributed by atoms with Crippen LogP contribution in [0.25, 0.3) is 0 Å². The Bertz CT molecular complexity index is 401. The molecule has 86 valence electrons. The van der Waals surface area contributed by atoms with E-state index >= 15 is 0 Å². The van der Waals surface area contributed by atoms with Gasteiger partial charge in [-0.15, -0.1) is 0 Å². The molecule has 1 aromatic rings. The highest BCUT2D eigenvalue weighted by molar-refractivity contribution is 5.80. The zero-order chi connectivity index (χ0) is 11.5. The van der Waals surface area contributed by atoms with Gasteiger partial charge >= 0.3 is 0 Å². The van der Waals surface area contributed by atoms with Crippen molar-refractivity contribution in [3.8, 4) is 5.75 Å². The molecule has 0 aromatic heterocycles. The Labute approximate surface area is 96.0 Å². The first-order valence-corrected chi connectivity index (χ1v) is 5.58. The summed E-state index contributed by atoms with van der Waals surface area (Å²) in [5.41, 5.74) is 3.25. The van der Waals surface area contributed by atoms with Gasteiger partial charge in [0.1, 0.15) is 5.75 Å². The van der Waals surface area contributed by atoms with E-state index in [2.05, 4.69) is 11.9 Å². The standard InChI is InChI=1S/C13H17NO2/c1-14-5-3-10-7-12(9-15)13(16-2)8-11(10)4-6-14/h7-9H,3-6H2,1-2H3. The number of likely N-dealkylation sites (N-methyl/N-ethyl adjacent to an activating group) is 1. The zero-order valence-corrected chi connectivity index (χ0v) is 9.82. The van der Waals surface area contributed by atoms with Crippen LogP contribution in [0.15, 0.2) is 12.1 Å². The van der Waals surface area contributed by atoms with Gasteiger partial charge in [0.05, 0.1) is 12.7 Å². The fourth-order valence-corrected chi connectivity index (χ4v) is 2.15. The molecule has 0 bridgehead atoms. The number of aldehydes is 1. The van der Waals surface area contributed by atoms with Crippen LogP contribution in [0, 0.1) is 0 Å². The van der Waals surface area contributed by atoms with Crippen LogP contribution in [-0.4, -0.2) is 38.4 Å². The van der Waals surface area contributed by atoms with Gasteiger partial charge in [0.25, 0.3) is 0 Å². The summed E-state index contributed by atoms with van der Waals surface area (Å²) in [6.45, 7) is 2.12. The summed E-state index contributed by atoms with van der Waals surface area (Å²) in [6, 6.07) is 3.98. The number of carbonyl (C=O) groups is 1. The van der Waals surface area contributed by atoms with Crippen molar-refractivity contribution in [3.05, 3.63) is 28.8 Å². The third kappa shape index (κ3) is 2.09. The second-order valence-corrected chi connectivity index (χ2v) is 4.28. The first kappa shape index (κ1) is 11.1. The summed E-state index contributed by atoms with van der Waals surface area (Å²) >= 11 is 0. The van der Waals surface area contributed by atoms with Crippen LogP contribution in [0.1, 0.15) is 21.5 Å². The second kappa shape index (κ2) is 4.66. The molecule has 3 heteroatoms. The molecule has 0 fully saturated rings. The summed E-state index contributed by atoms with van der Waals surface area (Å²) in [5, 5.41) is 0. The van der Waals surface area contributed by atoms with Crippen molar-refractivity contribution in [3.63, 3.8) is 0 Å². The maximum atomic E-state index is 10.9. The molecular weight excluding hydrogens is 202 g/mol. The Morgan fingerprint density at radius 3 is 2.44 bits per heavy atom. The van der Waals surface area contributed by atoms with Gasteiger partial charge in [0.2, 0.25) is 0 Å². The van der Waals surface area contributed by atoms with Crippen molar-refractivity contribution >= 4 is 6.29 Å². The molecule has 0 saturated heterocycles. The molecule has 0 N–H and O–H groups in total. The molecule has 3 nitrogen and oxygen atoms in total. The molecule has 2 rings (SSSR count). The highest BCUT2D eigenvalue weighted by Gasteiger charge is 2.14. The zero-order valence-electron chi connectivity index (χ0n) is 9.82. The van der Waals surface area contributed by atoms with Crippen LogP contribution in [-0.2, 0) is 12.8 Å². The Morgan fingerprint density at radius 2 is 1.88 bits per heavy atom. The fourth-order valence-electron chi connectivity index (χ4n) is 2.15. The van der Waals surface area contributed by atoms with E-state index in [-0.39, 0.29) is 0 Å². The van der Waals surface area contributed by atoms with E-state index in [9.17, 15) is 4.79 Å². The lowest BCUT2D eigenvalue weighted by atomic mass is 9.99. The van der Waals surface area contributed by atoms with Gasteiger partial charge in [-0.2, -0.15) is 0 Å². The number of carbonyl (C=O) groups excluding carboxylic acids is 1. The van der Waals surface area contributed by atoms with Crippen molar-refractivity contribution in [1.29, 1.82) is 0 Å². The van der Waals surface area contributed by atoms with E-state index in [1.165, 1.54) is 11.1 Å². The molecular formula is C13H17NO2. The number of ether oxygens (including phenoxy) is 1. The average molecular weight is 219 g/mol. The monoisotopic (exact) mass is 219 g/mol. The number of methoxy groups -OCH3 is 1. The number of benzene rings is 1. The van der Waals surface area contributed by atoms with Crippen molar-refractivity contribution in [2.24, 2.45) is 0 Å². The second-order valence-electron chi connectivity index (χ2n) is 4.28. The largest absolute Gasteiger partial charge is 0.496 e. The van der Waals surface area contributed by atoms with Crippen LogP contribution in [0.4, 0.5) is 0 Å². The molecule has 1 aliphatic rings. The molecule has 0 amide bonds. The number of fused-ring (bicyclic) bond motifs is 1. The van der Waals surface area contributed by atoms with Crippen LogP contribution in [0.5, 0.6) is 5.75 Å². The molecule has 0 unspecified atom stereocenters. The van der Waals surface area contributed by atoms with Crippen molar-refractivity contribution in [2.45, 2.75) is 12.8 Å². The van der Waals surface area contributed by atoms with Gasteiger partial charge in [-0.25, -0.2) is 0 Å². The van der Waals surface area contributed by atoms with Gasteiger partial charge in [-0.3, -0.25) is 4.79 Å². The first-order valence-electron chi connectivity index (χ1n) is 5.58. The smallest absolute Gasteiger partial charge is 0.153 e. The fraction of sp³-hybridized carbons (Fsp3) is 0.462. The molecule has 0 radical (unpaired) electrons. The van der Waals surface area contributed by atoms with Crippen LogP contribution >= 0.6 is 0 Å². The summed E-state index contributed by atoms with van der Waals surface area (Å²) < 4.78 is 5.23. The van der Waals surface area contributed by atoms with Crippen LogP contribution < -0.4 is 4.74 Å². The Kier molecular flexibility index (Phi) is 3.25. The topological polar surface area (TPSA) is 29.5 Å². The Balaban J connectivity index is 2.40. The SMILES string of the molecule is COc1cc2c(cc1C=O)CCN(C)CC2. The first-order chi connectivity index (χ1) is 7.74. The minimum absolute atomic E-state index is 0.658. The minimum atomic E-state index is 0.658. The summed E-state index contributed by atoms with van der Waals surface area (Å²) in [6.07, 6.45) is 2.91. The summed E-state index contributed by atoms with van der Waals surface area (Å²) in [7, 11) is 3.74. The maximum absolute atomic E-state index is 10.9.